The van der Waals surface area contributed by atoms with Crippen LogP contribution in [0.2, 0.25) is 0 Å². The Morgan fingerprint density at radius 1 is 0.774 bits per heavy atom. The molecule has 2 nitrogen and oxygen atoms in total. The molecule has 2 rings (SSSR count). The lowest BCUT2D eigenvalue weighted by Crippen LogP contribution is -2.44. The van der Waals surface area contributed by atoms with Gasteiger partial charge < -0.3 is 10.6 Å². The zero-order valence-corrected chi connectivity index (χ0v) is 24.0. The van der Waals surface area contributed by atoms with Gasteiger partial charge in [-0.15, -0.1) is 22.7 Å². The molecule has 2 heterocycles. The Kier molecular flexibility index (Phi) is 12.4. The molecule has 0 amide bonds. The summed E-state index contributed by atoms with van der Waals surface area (Å²) in [4.78, 5) is 2.92. The second-order valence-corrected chi connectivity index (χ2v) is 15.3. The topological polar surface area (TPSA) is 24.1 Å². The van der Waals surface area contributed by atoms with E-state index in [0.717, 1.165) is 13.1 Å². The highest BCUT2D eigenvalue weighted by Gasteiger charge is 2.35. The van der Waals surface area contributed by atoms with E-state index in [1.165, 1.54) is 35.4 Å². The zero-order chi connectivity index (χ0) is 22.7. The van der Waals surface area contributed by atoms with E-state index in [9.17, 15) is 0 Å². The maximum Gasteiger partial charge on any atom is 0.0679 e. The molecule has 0 saturated carbocycles. The van der Waals surface area contributed by atoms with Crippen LogP contribution in [0.1, 0.15) is 87.5 Å². The summed E-state index contributed by atoms with van der Waals surface area (Å²) < 4.78 is 0. The van der Waals surface area contributed by atoms with Crippen molar-refractivity contribution in [3.63, 3.8) is 0 Å². The van der Waals surface area contributed by atoms with Crippen molar-refractivity contribution in [1.29, 1.82) is 0 Å². The van der Waals surface area contributed by atoms with Crippen LogP contribution >= 0.6 is 54.1 Å². The fourth-order valence-electron chi connectivity index (χ4n) is 3.39. The minimum atomic E-state index is 0.0472. The molecule has 0 bridgehead atoms. The van der Waals surface area contributed by atoms with Gasteiger partial charge in [0.2, 0.25) is 0 Å². The van der Waals surface area contributed by atoms with E-state index in [0.29, 0.717) is 10.5 Å². The Balaban J connectivity index is 2.08. The second kappa shape index (κ2) is 13.9. The lowest BCUT2D eigenvalue weighted by molar-refractivity contribution is 0.379. The maximum atomic E-state index is 3.83. The Bertz CT molecular complexity index is 637. The lowest BCUT2D eigenvalue weighted by Gasteiger charge is -2.36. The van der Waals surface area contributed by atoms with Crippen molar-refractivity contribution in [2.24, 2.45) is 0 Å². The van der Waals surface area contributed by atoms with Gasteiger partial charge >= 0.3 is 0 Å². The van der Waals surface area contributed by atoms with Crippen LogP contribution < -0.4 is 10.6 Å². The first-order valence-corrected chi connectivity index (χ1v) is 16.7. The van der Waals surface area contributed by atoms with Gasteiger partial charge in [0.05, 0.1) is 10.5 Å². The first-order chi connectivity index (χ1) is 14.8. The predicted octanol–water partition coefficient (Wildman–Crippen LogP) is 8.96. The molecule has 176 valence electrons. The molecule has 2 N–H and O–H groups in total. The van der Waals surface area contributed by atoms with Crippen molar-refractivity contribution in [1.82, 2.24) is 10.6 Å². The average molecular weight is 517 g/mol. The van der Waals surface area contributed by atoms with Gasteiger partial charge in [-0.1, -0.05) is 60.4 Å². The quantitative estimate of drug-likeness (QED) is 0.171. The molecule has 31 heavy (non-hydrogen) atoms. The first kappa shape index (κ1) is 27.6. The van der Waals surface area contributed by atoms with Gasteiger partial charge in [0, 0.05) is 20.8 Å². The van der Waals surface area contributed by atoms with Crippen LogP contribution in [0.4, 0.5) is 0 Å². The van der Waals surface area contributed by atoms with Crippen molar-refractivity contribution in [2.45, 2.75) is 88.8 Å². The summed E-state index contributed by atoms with van der Waals surface area (Å²) in [5.41, 5.74) is 0.0944. The van der Waals surface area contributed by atoms with Gasteiger partial charge in [-0.05, 0) is 86.3 Å². The van der Waals surface area contributed by atoms with Gasteiger partial charge in [-0.2, -0.15) is 0 Å². The van der Waals surface area contributed by atoms with Crippen LogP contribution in [0.3, 0.4) is 0 Å². The Morgan fingerprint density at radius 2 is 1.19 bits per heavy atom. The summed E-state index contributed by atoms with van der Waals surface area (Å²) in [7, 11) is 6.00. The normalized spacial score (nSPS) is 14.6. The Hall–Kier alpha value is 0.370. The van der Waals surface area contributed by atoms with Gasteiger partial charge in [0.1, 0.15) is 0 Å². The molecule has 0 aliphatic rings. The molecule has 0 aliphatic carbocycles. The smallest absolute Gasteiger partial charge is 0.0679 e. The van der Waals surface area contributed by atoms with Crippen molar-refractivity contribution in [3.05, 3.63) is 44.8 Å². The summed E-state index contributed by atoms with van der Waals surface area (Å²) in [5.74, 6) is 0. The van der Waals surface area contributed by atoms with E-state index in [1.807, 2.05) is 54.1 Å². The number of hydrogen-bond donors (Lipinski definition) is 2. The summed E-state index contributed by atoms with van der Waals surface area (Å²) in [5, 5.41) is 12.9. The van der Waals surface area contributed by atoms with Crippen molar-refractivity contribution in [2.75, 3.05) is 13.1 Å². The summed E-state index contributed by atoms with van der Waals surface area (Å²) >= 11 is 3.76. The molecule has 2 unspecified atom stereocenters. The molecule has 0 radical (unpaired) electrons. The standard InChI is InChI=1S/C24H40N2S5/c1-7-9-15-25-23(3,4)21(19-13-11-17-27-19)29-31-30-22(20-14-12-18-28-20)24(5,6)26-16-10-8-2/h11-14,17-18,21-22,25-26H,7-10,15-16H2,1-6H3. The summed E-state index contributed by atoms with van der Waals surface area (Å²) in [6, 6.07) is 8.96. The van der Waals surface area contributed by atoms with Gasteiger partial charge in [-0.25, -0.2) is 0 Å². The molecule has 0 aromatic carbocycles. The van der Waals surface area contributed by atoms with Gasteiger partial charge in [0.15, 0.2) is 0 Å². The minimum Gasteiger partial charge on any atom is -0.310 e. The molecule has 0 aliphatic heterocycles. The van der Waals surface area contributed by atoms with Gasteiger partial charge in [0.25, 0.3) is 0 Å². The second-order valence-electron chi connectivity index (χ2n) is 9.06. The summed E-state index contributed by atoms with van der Waals surface area (Å²) in [6.07, 6.45) is 4.91. The van der Waals surface area contributed by atoms with E-state index < -0.39 is 0 Å². The lowest BCUT2D eigenvalue weighted by atomic mass is 9.98. The molecular weight excluding hydrogens is 477 g/mol. The number of unbranched alkanes of at least 4 members (excludes halogenated alkanes) is 2. The van der Waals surface area contributed by atoms with Crippen LogP contribution in [0.5, 0.6) is 0 Å². The van der Waals surface area contributed by atoms with E-state index in [-0.39, 0.29) is 11.1 Å². The van der Waals surface area contributed by atoms with E-state index in [2.05, 4.69) is 87.2 Å². The van der Waals surface area contributed by atoms with Crippen molar-refractivity contribution >= 4 is 54.1 Å². The fraction of sp³-hybridized carbons (Fsp3) is 0.667. The molecule has 0 saturated heterocycles. The number of nitrogens with one attached hydrogen (secondary N) is 2. The van der Waals surface area contributed by atoms with Crippen LogP contribution in [0, 0.1) is 0 Å². The number of thiophene rings is 2. The summed E-state index contributed by atoms with van der Waals surface area (Å²) in [6.45, 7) is 16.1. The number of hydrogen-bond acceptors (Lipinski definition) is 7. The Labute approximate surface area is 210 Å². The Morgan fingerprint density at radius 3 is 1.52 bits per heavy atom. The molecular formula is C24H40N2S5. The first-order valence-electron chi connectivity index (χ1n) is 11.4. The maximum absolute atomic E-state index is 3.83. The predicted molar refractivity (Wildman–Crippen MR) is 151 cm³/mol. The van der Waals surface area contributed by atoms with E-state index in [1.54, 1.807) is 0 Å². The molecule has 2 aromatic rings. The minimum absolute atomic E-state index is 0.0472. The van der Waals surface area contributed by atoms with Crippen molar-refractivity contribution < 1.29 is 0 Å². The van der Waals surface area contributed by atoms with E-state index >= 15 is 0 Å². The van der Waals surface area contributed by atoms with Crippen LogP contribution in [0.25, 0.3) is 0 Å². The highest BCUT2D eigenvalue weighted by Crippen LogP contribution is 2.56. The van der Waals surface area contributed by atoms with E-state index in [4.69, 9.17) is 0 Å². The zero-order valence-electron chi connectivity index (χ0n) is 19.9. The molecule has 2 atom stereocenters. The SMILES string of the molecule is CCCCNC(C)(C)C(SSSC(c1cccs1)C(C)(C)NCCCC)c1cccs1. The molecule has 0 fully saturated rings. The fourth-order valence-corrected chi connectivity index (χ4v) is 11.8. The average Bonchev–Trinajstić information content (AvgIpc) is 3.42. The molecule has 0 spiro atoms. The largest absolute Gasteiger partial charge is 0.310 e. The third kappa shape index (κ3) is 8.91. The van der Waals surface area contributed by atoms with Crippen LogP contribution in [-0.4, -0.2) is 24.2 Å². The number of rotatable bonds is 16. The molecule has 2 aromatic heterocycles. The van der Waals surface area contributed by atoms with Gasteiger partial charge in [-0.3, -0.25) is 0 Å². The third-order valence-corrected chi connectivity index (χ3v) is 12.8. The van der Waals surface area contributed by atoms with Crippen molar-refractivity contribution in [3.8, 4) is 0 Å². The molecule has 7 heteroatoms. The third-order valence-electron chi connectivity index (χ3n) is 5.41. The highest BCUT2D eigenvalue weighted by molar-refractivity contribution is 9.09. The monoisotopic (exact) mass is 516 g/mol. The van der Waals surface area contributed by atoms with Crippen LogP contribution in [0.15, 0.2) is 35.0 Å². The highest BCUT2D eigenvalue weighted by atomic mass is 33.5. The van der Waals surface area contributed by atoms with Crippen LogP contribution in [-0.2, 0) is 0 Å².